The SMILES string of the molecule is O=C(Nc1ccc(Cl)cc1Cl)c1sc2cc(Cl)cc(Cl)c2c1Cl. The van der Waals surface area contributed by atoms with E-state index in [-0.39, 0.29) is 10.9 Å². The third-order valence-corrected chi connectivity index (χ3v) is 5.72. The van der Waals surface area contributed by atoms with E-state index >= 15 is 0 Å². The van der Waals surface area contributed by atoms with Crippen molar-refractivity contribution in [3.63, 3.8) is 0 Å². The molecule has 0 aliphatic carbocycles. The molecular weight excluding hydrogens is 420 g/mol. The van der Waals surface area contributed by atoms with Crippen LogP contribution in [-0.4, -0.2) is 5.91 Å². The third kappa shape index (κ3) is 3.41. The average Bonchev–Trinajstić information content (AvgIpc) is 2.79. The lowest BCUT2D eigenvalue weighted by Gasteiger charge is -2.06. The summed E-state index contributed by atoms with van der Waals surface area (Å²) in [5.41, 5.74) is 0.443. The van der Waals surface area contributed by atoms with Crippen molar-refractivity contribution in [1.29, 1.82) is 0 Å². The highest BCUT2D eigenvalue weighted by atomic mass is 35.5. The van der Waals surface area contributed by atoms with E-state index in [9.17, 15) is 4.79 Å². The molecule has 1 amide bonds. The molecule has 0 unspecified atom stereocenters. The van der Waals surface area contributed by atoms with Crippen LogP contribution in [0.4, 0.5) is 5.69 Å². The lowest BCUT2D eigenvalue weighted by Crippen LogP contribution is -2.10. The first-order valence-corrected chi connectivity index (χ1v) is 8.91. The fraction of sp³-hybridized carbons (Fsp3) is 0. The number of carbonyl (C=O) groups excluding carboxylic acids is 1. The second kappa shape index (κ2) is 6.67. The van der Waals surface area contributed by atoms with Gasteiger partial charge in [-0.1, -0.05) is 58.0 Å². The summed E-state index contributed by atoms with van der Waals surface area (Å²) in [5, 5.41) is 5.30. The first-order chi connectivity index (χ1) is 10.9. The number of fused-ring (bicyclic) bond motifs is 1. The largest absolute Gasteiger partial charge is 0.320 e. The second-order valence-corrected chi connectivity index (χ2v) is 7.70. The minimum atomic E-state index is -0.382. The minimum Gasteiger partial charge on any atom is -0.320 e. The molecule has 0 spiro atoms. The van der Waals surface area contributed by atoms with Crippen molar-refractivity contribution in [2.45, 2.75) is 0 Å². The minimum absolute atomic E-state index is 0.286. The van der Waals surface area contributed by atoms with E-state index in [1.807, 2.05) is 0 Å². The van der Waals surface area contributed by atoms with Crippen LogP contribution >= 0.6 is 69.3 Å². The van der Waals surface area contributed by atoms with Crippen LogP contribution in [-0.2, 0) is 0 Å². The molecule has 0 saturated carbocycles. The maximum atomic E-state index is 12.5. The lowest BCUT2D eigenvalue weighted by atomic mass is 10.2. The molecular formula is C15H6Cl5NOS. The first-order valence-electron chi connectivity index (χ1n) is 6.20. The van der Waals surface area contributed by atoms with E-state index in [4.69, 9.17) is 58.0 Å². The summed E-state index contributed by atoms with van der Waals surface area (Å²) in [4.78, 5) is 12.8. The fourth-order valence-electron chi connectivity index (χ4n) is 2.03. The smallest absolute Gasteiger partial charge is 0.267 e. The Kier molecular flexibility index (Phi) is 4.98. The van der Waals surface area contributed by atoms with Crippen molar-refractivity contribution in [3.8, 4) is 0 Å². The van der Waals surface area contributed by atoms with Gasteiger partial charge in [-0.15, -0.1) is 11.3 Å². The van der Waals surface area contributed by atoms with Gasteiger partial charge in [0.2, 0.25) is 0 Å². The molecule has 1 heterocycles. The van der Waals surface area contributed by atoms with E-state index < -0.39 is 0 Å². The van der Waals surface area contributed by atoms with Gasteiger partial charge in [0.15, 0.2) is 0 Å². The van der Waals surface area contributed by atoms with Gasteiger partial charge in [0.05, 0.1) is 20.8 Å². The number of carbonyl (C=O) groups is 1. The molecule has 0 bridgehead atoms. The molecule has 3 rings (SSSR count). The Labute approximate surface area is 160 Å². The van der Waals surface area contributed by atoms with Crippen molar-refractivity contribution in [3.05, 3.63) is 60.3 Å². The Hall–Kier alpha value is -0.680. The highest BCUT2D eigenvalue weighted by Gasteiger charge is 2.20. The number of rotatable bonds is 2. The zero-order valence-corrected chi connectivity index (χ0v) is 15.7. The number of hydrogen-bond acceptors (Lipinski definition) is 2. The Bertz CT molecular complexity index is 937. The maximum Gasteiger partial charge on any atom is 0.267 e. The van der Waals surface area contributed by atoms with Crippen molar-refractivity contribution >= 4 is 91.0 Å². The standard InChI is InChI=1S/C15H6Cl5NOS/c16-6-1-2-10(8(18)3-6)21-15(22)14-13(20)12-9(19)4-7(17)5-11(12)23-14/h1-5H,(H,21,22). The predicted molar refractivity (Wildman–Crippen MR) is 101 cm³/mol. The van der Waals surface area contributed by atoms with Crippen LogP contribution in [0, 0.1) is 0 Å². The van der Waals surface area contributed by atoms with Gasteiger partial charge in [-0.3, -0.25) is 4.79 Å². The molecule has 0 saturated heterocycles. The Morgan fingerprint density at radius 2 is 1.61 bits per heavy atom. The predicted octanol–water partition coefficient (Wildman–Crippen LogP) is 7.42. The normalized spacial score (nSPS) is 11.0. The lowest BCUT2D eigenvalue weighted by molar-refractivity contribution is 0.103. The monoisotopic (exact) mass is 423 g/mol. The molecule has 1 aromatic heterocycles. The van der Waals surface area contributed by atoms with Gasteiger partial charge in [0, 0.05) is 20.1 Å². The van der Waals surface area contributed by atoms with Crippen molar-refractivity contribution in [2.75, 3.05) is 5.32 Å². The zero-order valence-electron chi connectivity index (χ0n) is 11.1. The van der Waals surface area contributed by atoms with Crippen molar-refractivity contribution < 1.29 is 4.79 Å². The van der Waals surface area contributed by atoms with Crippen LogP contribution in [0.15, 0.2) is 30.3 Å². The summed E-state index contributed by atoms with van der Waals surface area (Å²) in [6.45, 7) is 0. The van der Waals surface area contributed by atoms with Gasteiger partial charge >= 0.3 is 0 Å². The zero-order chi connectivity index (χ0) is 16.7. The van der Waals surface area contributed by atoms with Crippen LogP contribution in [0.5, 0.6) is 0 Å². The van der Waals surface area contributed by atoms with Crippen molar-refractivity contribution in [1.82, 2.24) is 0 Å². The molecule has 0 aliphatic rings. The number of halogens is 5. The summed E-state index contributed by atoms with van der Waals surface area (Å²) in [7, 11) is 0. The quantitative estimate of drug-likeness (QED) is 0.455. The number of amides is 1. The van der Waals surface area contributed by atoms with Crippen LogP contribution < -0.4 is 5.32 Å². The van der Waals surface area contributed by atoms with E-state index in [1.165, 1.54) is 11.3 Å². The van der Waals surface area contributed by atoms with Gasteiger partial charge in [0.1, 0.15) is 4.88 Å². The molecule has 3 aromatic rings. The van der Waals surface area contributed by atoms with Crippen LogP contribution in [0.1, 0.15) is 9.67 Å². The summed E-state index contributed by atoms with van der Waals surface area (Å²) >= 11 is 31.5. The molecule has 0 aliphatic heterocycles. The summed E-state index contributed by atoms with van der Waals surface area (Å²) in [5.74, 6) is -0.382. The second-order valence-electron chi connectivity index (χ2n) is 4.58. The van der Waals surface area contributed by atoms with E-state index in [1.54, 1.807) is 30.3 Å². The Balaban J connectivity index is 2.01. The van der Waals surface area contributed by atoms with E-state index in [2.05, 4.69) is 5.32 Å². The highest BCUT2D eigenvalue weighted by Crippen LogP contribution is 2.41. The number of hydrogen-bond donors (Lipinski definition) is 1. The van der Waals surface area contributed by atoms with Gasteiger partial charge < -0.3 is 5.32 Å². The molecule has 23 heavy (non-hydrogen) atoms. The molecule has 118 valence electrons. The molecule has 0 radical (unpaired) electrons. The van der Waals surface area contributed by atoms with E-state index in [0.29, 0.717) is 36.0 Å². The molecule has 0 fully saturated rings. The average molecular weight is 426 g/mol. The van der Waals surface area contributed by atoms with Crippen molar-refractivity contribution in [2.24, 2.45) is 0 Å². The molecule has 0 atom stereocenters. The summed E-state index contributed by atoms with van der Waals surface area (Å²) in [6.07, 6.45) is 0. The topological polar surface area (TPSA) is 29.1 Å². The third-order valence-electron chi connectivity index (χ3n) is 3.04. The summed E-state index contributed by atoms with van der Waals surface area (Å²) < 4.78 is 0.736. The Morgan fingerprint density at radius 3 is 2.30 bits per heavy atom. The highest BCUT2D eigenvalue weighted by molar-refractivity contribution is 7.21. The summed E-state index contributed by atoms with van der Waals surface area (Å²) in [6, 6.07) is 8.09. The molecule has 2 nitrogen and oxygen atoms in total. The van der Waals surface area contributed by atoms with E-state index in [0.717, 1.165) is 4.70 Å². The van der Waals surface area contributed by atoms with Gasteiger partial charge in [0.25, 0.3) is 5.91 Å². The van der Waals surface area contributed by atoms with Crippen LogP contribution in [0.2, 0.25) is 25.1 Å². The molecule has 1 N–H and O–H groups in total. The molecule has 8 heteroatoms. The molecule has 2 aromatic carbocycles. The first kappa shape index (κ1) is 17.2. The van der Waals surface area contributed by atoms with Gasteiger partial charge in [-0.2, -0.15) is 0 Å². The van der Waals surface area contributed by atoms with Gasteiger partial charge in [-0.05, 0) is 30.3 Å². The van der Waals surface area contributed by atoms with Crippen LogP contribution in [0.3, 0.4) is 0 Å². The number of anilines is 1. The fourth-order valence-corrected chi connectivity index (χ4v) is 4.76. The number of nitrogens with one attached hydrogen (secondary N) is 1. The van der Waals surface area contributed by atoms with Crippen LogP contribution in [0.25, 0.3) is 10.1 Å². The Morgan fingerprint density at radius 1 is 0.913 bits per heavy atom. The maximum absolute atomic E-state index is 12.5. The number of benzene rings is 2. The van der Waals surface area contributed by atoms with Gasteiger partial charge in [-0.25, -0.2) is 0 Å². The number of thiophene rings is 1.